The molecule has 0 spiro atoms. The molecule has 136 valence electrons. The van der Waals surface area contributed by atoms with Gasteiger partial charge in [0.1, 0.15) is 11.3 Å². The van der Waals surface area contributed by atoms with Crippen LogP contribution < -0.4 is 10.4 Å². The smallest absolute Gasteiger partial charge is 0.336 e. The topological polar surface area (TPSA) is 42.7 Å². The van der Waals surface area contributed by atoms with Crippen molar-refractivity contribution in [3.05, 3.63) is 75.6 Å². The highest BCUT2D eigenvalue weighted by Gasteiger charge is 2.12. The molecule has 0 fully saturated rings. The highest BCUT2D eigenvalue weighted by molar-refractivity contribution is 5.81. The second kappa shape index (κ2) is 8.19. The van der Waals surface area contributed by atoms with Crippen LogP contribution in [0.2, 0.25) is 0 Å². The third-order valence-corrected chi connectivity index (χ3v) is 4.50. The van der Waals surface area contributed by atoms with E-state index >= 15 is 0 Å². The van der Waals surface area contributed by atoms with Crippen molar-refractivity contribution in [2.75, 3.05) is 13.7 Å². The largest absolute Gasteiger partial charge is 0.497 e. The summed E-state index contributed by atoms with van der Waals surface area (Å²) in [7, 11) is 1.64. The molecule has 2 aromatic carbocycles. The number of nitrogens with zero attached hydrogens (tertiary/aromatic N) is 1. The second-order valence-electron chi connectivity index (χ2n) is 6.65. The molecule has 0 atom stereocenters. The van der Waals surface area contributed by atoms with E-state index in [0.717, 1.165) is 36.2 Å². The minimum Gasteiger partial charge on any atom is -0.497 e. The number of hydrogen-bond donors (Lipinski definition) is 0. The van der Waals surface area contributed by atoms with Crippen molar-refractivity contribution in [1.82, 2.24) is 4.90 Å². The van der Waals surface area contributed by atoms with Crippen LogP contribution in [0.4, 0.5) is 0 Å². The van der Waals surface area contributed by atoms with Crippen LogP contribution >= 0.6 is 0 Å². The summed E-state index contributed by atoms with van der Waals surface area (Å²) in [5.41, 5.74) is 3.78. The molecule has 0 N–H and O–H groups in total. The quantitative estimate of drug-likeness (QED) is 0.587. The molecule has 3 aromatic rings. The van der Waals surface area contributed by atoms with Gasteiger partial charge in [0.05, 0.1) is 7.11 Å². The van der Waals surface area contributed by atoms with Crippen molar-refractivity contribution in [3.63, 3.8) is 0 Å². The van der Waals surface area contributed by atoms with E-state index in [9.17, 15) is 4.79 Å². The normalized spacial score (nSPS) is 11.2. The zero-order chi connectivity index (χ0) is 18.5. The highest BCUT2D eigenvalue weighted by Crippen LogP contribution is 2.24. The lowest BCUT2D eigenvalue weighted by atomic mass is 10.1. The number of aryl methyl sites for hydroxylation is 1. The Hall–Kier alpha value is -2.59. The fraction of sp³-hybridized carbons (Fsp3) is 0.318. The van der Waals surface area contributed by atoms with E-state index in [2.05, 4.69) is 43.0 Å². The molecule has 0 saturated carbocycles. The second-order valence-corrected chi connectivity index (χ2v) is 6.65. The van der Waals surface area contributed by atoms with Gasteiger partial charge in [-0.25, -0.2) is 4.79 Å². The predicted molar refractivity (Wildman–Crippen MR) is 105 cm³/mol. The molecule has 0 aliphatic heterocycles. The molecule has 0 aliphatic rings. The Morgan fingerprint density at radius 1 is 1.04 bits per heavy atom. The van der Waals surface area contributed by atoms with Gasteiger partial charge < -0.3 is 9.15 Å². The Morgan fingerprint density at radius 2 is 1.81 bits per heavy atom. The molecule has 0 aliphatic carbocycles. The molecular formula is C22H25NO3. The summed E-state index contributed by atoms with van der Waals surface area (Å²) in [5.74, 6) is 0.758. The van der Waals surface area contributed by atoms with Gasteiger partial charge in [-0.05, 0) is 49.2 Å². The summed E-state index contributed by atoms with van der Waals surface area (Å²) in [4.78, 5) is 14.3. The maximum atomic E-state index is 12.0. The Balaban J connectivity index is 1.92. The van der Waals surface area contributed by atoms with Crippen LogP contribution in [0.15, 0.2) is 57.7 Å². The number of methoxy groups -OCH3 is 1. The van der Waals surface area contributed by atoms with E-state index in [-0.39, 0.29) is 5.63 Å². The van der Waals surface area contributed by atoms with Gasteiger partial charge in [0.15, 0.2) is 0 Å². The van der Waals surface area contributed by atoms with Gasteiger partial charge in [-0.2, -0.15) is 0 Å². The van der Waals surface area contributed by atoms with Crippen molar-refractivity contribution in [1.29, 1.82) is 0 Å². The molecule has 0 amide bonds. The first-order valence-corrected chi connectivity index (χ1v) is 8.97. The SMILES string of the molecule is CCCN(Cc1ccc(C)cc1)Cc1cc(=O)oc2ccc(OC)cc12. The Bertz CT molecular complexity index is 928. The average molecular weight is 351 g/mol. The molecule has 0 unspecified atom stereocenters. The van der Waals surface area contributed by atoms with Crippen LogP contribution in [-0.4, -0.2) is 18.6 Å². The summed E-state index contributed by atoms with van der Waals surface area (Å²) in [6.07, 6.45) is 1.05. The summed E-state index contributed by atoms with van der Waals surface area (Å²) in [6, 6.07) is 15.7. The first kappa shape index (κ1) is 18.2. The lowest BCUT2D eigenvalue weighted by molar-refractivity contribution is 0.257. The maximum Gasteiger partial charge on any atom is 0.336 e. The fourth-order valence-corrected chi connectivity index (χ4v) is 3.19. The fourth-order valence-electron chi connectivity index (χ4n) is 3.19. The van der Waals surface area contributed by atoms with Crippen molar-refractivity contribution in [2.24, 2.45) is 0 Å². The number of hydrogen-bond acceptors (Lipinski definition) is 4. The monoisotopic (exact) mass is 351 g/mol. The minimum atomic E-state index is -0.315. The van der Waals surface area contributed by atoms with Crippen LogP contribution in [0.25, 0.3) is 11.0 Å². The van der Waals surface area contributed by atoms with E-state index in [4.69, 9.17) is 9.15 Å². The lowest BCUT2D eigenvalue weighted by Crippen LogP contribution is -2.24. The molecule has 4 heteroatoms. The number of ether oxygens (including phenoxy) is 1. The van der Waals surface area contributed by atoms with Gasteiger partial charge >= 0.3 is 5.63 Å². The van der Waals surface area contributed by atoms with E-state index in [0.29, 0.717) is 12.1 Å². The standard InChI is InChI=1S/C22H25NO3/c1-4-11-23(14-17-7-5-16(2)6-8-17)15-18-12-22(24)26-21-10-9-19(25-3)13-20(18)21/h5-10,12-13H,4,11,14-15H2,1-3H3. The average Bonchev–Trinajstić information content (AvgIpc) is 2.63. The minimum absolute atomic E-state index is 0.315. The lowest BCUT2D eigenvalue weighted by Gasteiger charge is -2.22. The summed E-state index contributed by atoms with van der Waals surface area (Å²) in [5, 5.41) is 0.925. The molecule has 3 rings (SSSR count). The molecule has 26 heavy (non-hydrogen) atoms. The molecule has 0 saturated heterocycles. The van der Waals surface area contributed by atoms with Gasteiger partial charge in [-0.1, -0.05) is 36.8 Å². The maximum absolute atomic E-state index is 12.0. The van der Waals surface area contributed by atoms with E-state index in [1.165, 1.54) is 11.1 Å². The van der Waals surface area contributed by atoms with Crippen molar-refractivity contribution in [2.45, 2.75) is 33.4 Å². The van der Waals surface area contributed by atoms with Gasteiger partial charge in [0.25, 0.3) is 0 Å². The van der Waals surface area contributed by atoms with E-state index in [1.807, 2.05) is 12.1 Å². The summed E-state index contributed by atoms with van der Waals surface area (Å²) in [6.45, 7) is 6.76. The Morgan fingerprint density at radius 3 is 2.50 bits per heavy atom. The molecule has 0 bridgehead atoms. The van der Waals surface area contributed by atoms with Crippen LogP contribution in [0.5, 0.6) is 5.75 Å². The third-order valence-electron chi connectivity index (χ3n) is 4.50. The van der Waals surface area contributed by atoms with Crippen molar-refractivity contribution in [3.8, 4) is 5.75 Å². The van der Waals surface area contributed by atoms with Gasteiger partial charge in [0.2, 0.25) is 0 Å². The number of fused-ring (bicyclic) bond motifs is 1. The zero-order valence-electron chi connectivity index (χ0n) is 15.6. The van der Waals surface area contributed by atoms with Crippen LogP contribution in [0.3, 0.4) is 0 Å². The number of rotatable bonds is 7. The van der Waals surface area contributed by atoms with Gasteiger partial charge in [-0.3, -0.25) is 4.90 Å². The zero-order valence-corrected chi connectivity index (χ0v) is 15.6. The molecular weight excluding hydrogens is 326 g/mol. The van der Waals surface area contributed by atoms with Gasteiger partial charge in [-0.15, -0.1) is 0 Å². The molecule has 1 aromatic heterocycles. The third kappa shape index (κ3) is 4.33. The molecule has 0 radical (unpaired) electrons. The Kier molecular flexibility index (Phi) is 5.74. The number of benzene rings is 2. The first-order valence-electron chi connectivity index (χ1n) is 8.97. The van der Waals surface area contributed by atoms with E-state index in [1.54, 1.807) is 19.2 Å². The molecule has 1 heterocycles. The van der Waals surface area contributed by atoms with Crippen LogP contribution in [-0.2, 0) is 13.1 Å². The highest BCUT2D eigenvalue weighted by atomic mass is 16.5. The van der Waals surface area contributed by atoms with Gasteiger partial charge in [0, 0.05) is 24.5 Å². The summed E-state index contributed by atoms with van der Waals surface area (Å²) >= 11 is 0. The van der Waals surface area contributed by atoms with Crippen molar-refractivity contribution < 1.29 is 9.15 Å². The first-order chi connectivity index (χ1) is 12.6. The summed E-state index contributed by atoms with van der Waals surface area (Å²) < 4.78 is 10.7. The van der Waals surface area contributed by atoms with Crippen LogP contribution in [0, 0.1) is 6.92 Å². The Labute approximate surface area is 154 Å². The van der Waals surface area contributed by atoms with E-state index < -0.39 is 0 Å². The predicted octanol–water partition coefficient (Wildman–Crippen LogP) is 4.52. The molecule has 4 nitrogen and oxygen atoms in total. The van der Waals surface area contributed by atoms with Crippen LogP contribution in [0.1, 0.15) is 30.0 Å². The van der Waals surface area contributed by atoms with Crippen molar-refractivity contribution >= 4 is 11.0 Å².